The Bertz CT molecular complexity index is 4060. The highest BCUT2D eigenvalue weighted by Crippen LogP contribution is 2.55. The first kappa shape index (κ1) is 40.1. The first-order valence-electron chi connectivity index (χ1n) is 24.5. The van der Waals surface area contributed by atoms with Gasteiger partial charge in [0.05, 0.1) is 16.4 Å². The molecule has 0 radical (unpaired) electrons. The summed E-state index contributed by atoms with van der Waals surface area (Å²) in [5.74, 6) is 0. The lowest BCUT2D eigenvalue weighted by molar-refractivity contribution is 0.590. The molecular weight excluding hydrogens is 828 g/mol. The van der Waals surface area contributed by atoms with Crippen LogP contribution in [0.5, 0.6) is 0 Å². The van der Waals surface area contributed by atoms with Crippen molar-refractivity contribution in [1.82, 2.24) is 4.57 Å². The van der Waals surface area contributed by atoms with Gasteiger partial charge in [0.15, 0.2) is 0 Å². The fourth-order valence-corrected chi connectivity index (χ4v) is 12.6. The number of benzene rings is 8. The fraction of sp³-hybridized carbons (Fsp3) is 0.238. The lowest BCUT2D eigenvalue weighted by Crippen LogP contribution is -2.60. The summed E-state index contributed by atoms with van der Waals surface area (Å²) in [5.41, 5.74) is 23.7. The Morgan fingerprint density at radius 1 is 0.485 bits per heavy atom. The van der Waals surface area contributed by atoms with Crippen LogP contribution in [0.15, 0.2) is 142 Å². The molecule has 68 heavy (non-hydrogen) atoms. The van der Waals surface area contributed by atoms with Crippen LogP contribution in [-0.4, -0.2) is 11.4 Å². The monoisotopic (exact) mass is 882 g/mol. The Hall–Kier alpha value is -6.98. The molecule has 0 amide bonds. The maximum atomic E-state index is 7.30. The normalized spacial score (nSPS) is 15.0. The zero-order valence-corrected chi connectivity index (χ0v) is 41.0. The van der Waals surface area contributed by atoms with Gasteiger partial charge in [-0.05, 0) is 126 Å². The van der Waals surface area contributed by atoms with Gasteiger partial charge in [-0.2, -0.15) is 0 Å². The molecule has 2 aliphatic heterocycles. The third kappa shape index (κ3) is 5.12. The Balaban J connectivity index is 1.22. The van der Waals surface area contributed by atoms with Crippen LogP contribution < -0.4 is 15.7 Å². The Labute approximate surface area is 398 Å². The van der Waals surface area contributed by atoms with E-state index in [1.54, 1.807) is 0 Å². The van der Waals surface area contributed by atoms with Gasteiger partial charge in [0, 0.05) is 61.0 Å². The van der Waals surface area contributed by atoms with Gasteiger partial charge in [-0.1, -0.05) is 149 Å². The molecule has 0 saturated carbocycles. The van der Waals surface area contributed by atoms with E-state index in [9.17, 15) is 0 Å². The van der Waals surface area contributed by atoms with Crippen molar-refractivity contribution in [3.63, 3.8) is 0 Å². The molecule has 3 aromatic heterocycles. The minimum absolute atomic E-state index is 0.00240. The molecule has 4 nitrogen and oxygen atoms in total. The molecule has 5 heterocycles. The summed E-state index contributed by atoms with van der Waals surface area (Å²) in [6.07, 6.45) is 0. The van der Waals surface area contributed by atoms with E-state index < -0.39 is 0 Å². The molecule has 5 heteroatoms. The molecule has 1 aliphatic carbocycles. The topological polar surface area (TPSA) is 34.5 Å². The van der Waals surface area contributed by atoms with Gasteiger partial charge in [-0.15, -0.1) is 0 Å². The highest BCUT2D eigenvalue weighted by Gasteiger charge is 2.48. The predicted octanol–water partition coefficient (Wildman–Crippen LogP) is 16.0. The first-order chi connectivity index (χ1) is 32.4. The third-order valence-corrected chi connectivity index (χ3v) is 16.2. The second kappa shape index (κ2) is 12.8. The summed E-state index contributed by atoms with van der Waals surface area (Å²) in [4.78, 5) is 2.66. The van der Waals surface area contributed by atoms with E-state index in [0.717, 1.165) is 49.9 Å². The first-order valence-corrected chi connectivity index (χ1v) is 24.5. The largest absolute Gasteiger partial charge is 0.456 e. The molecule has 0 N–H and O–H groups in total. The number of rotatable bonds is 1. The number of nitrogens with zero attached hydrogens (tertiary/aromatic N) is 2. The Morgan fingerprint density at radius 2 is 1.13 bits per heavy atom. The molecule has 0 unspecified atom stereocenters. The van der Waals surface area contributed by atoms with Crippen LogP contribution in [0.1, 0.15) is 104 Å². The van der Waals surface area contributed by atoms with Crippen LogP contribution in [0.4, 0.5) is 11.4 Å². The van der Waals surface area contributed by atoms with Gasteiger partial charge in [-0.3, -0.25) is 0 Å². The molecule has 0 bridgehead atoms. The highest BCUT2D eigenvalue weighted by atomic mass is 16.3. The summed E-state index contributed by atoms with van der Waals surface area (Å²) in [6.45, 7) is 25.4. The molecule has 3 aliphatic rings. The van der Waals surface area contributed by atoms with Crippen molar-refractivity contribution in [2.24, 2.45) is 0 Å². The number of furan rings is 2. The van der Waals surface area contributed by atoms with Crippen molar-refractivity contribution in [2.75, 3.05) is 4.81 Å². The average molecular weight is 883 g/mol. The van der Waals surface area contributed by atoms with Crippen LogP contribution in [0.25, 0.3) is 93.6 Å². The third-order valence-electron chi connectivity index (χ3n) is 16.2. The number of para-hydroxylation sites is 1. The molecule has 0 atom stereocenters. The summed E-state index contributed by atoms with van der Waals surface area (Å²) < 4.78 is 16.9. The highest BCUT2D eigenvalue weighted by molar-refractivity contribution is 6.94. The molecule has 0 saturated heterocycles. The van der Waals surface area contributed by atoms with Crippen LogP contribution in [0.3, 0.4) is 0 Å². The maximum absolute atomic E-state index is 7.30. The average Bonchev–Trinajstić information content (AvgIpc) is 4.03. The number of fused-ring (bicyclic) bond motifs is 19. The SMILES string of the molecule is CC(C)(C)c1ccc(N2B3c4cc5c(cc4-n4c6ccc(C(C)(C)C)cc6c6c7oc8ccccc8c7c(c3c64)-c3cc4c(cc32)oc2ccc(C(C)(C)C)cc24)C(C)(C)c2ccccc2-5)cc1. The number of hydrogen-bond acceptors (Lipinski definition) is 3. The summed E-state index contributed by atoms with van der Waals surface area (Å²) in [7, 11) is 0. The standard InChI is InChI=1S/C63H55BN2O2/c1-60(2,3)34-20-24-37(25-21-34)66-49-33-53-42(41-28-36(62(7,8)9)23-27-52(41)67-53)30-44(49)54-55-39-17-13-15-19-51(39)68-59(55)56-43-29-35(61(4,5)6)22-26-48(43)65-50-32-46-40(31-47(50)64(66)57(54)58(56)65)38-16-12-14-18-45(38)63(46,10)11/h12-33H,1-11H3. The molecular formula is C63H55BN2O2. The van der Waals surface area contributed by atoms with Gasteiger partial charge in [-0.25, -0.2) is 0 Å². The van der Waals surface area contributed by atoms with E-state index in [0.29, 0.717) is 0 Å². The summed E-state index contributed by atoms with van der Waals surface area (Å²) in [6, 6.07) is 51.1. The van der Waals surface area contributed by atoms with Gasteiger partial charge in [0.1, 0.15) is 22.3 Å². The van der Waals surface area contributed by atoms with Crippen molar-refractivity contribution < 1.29 is 8.83 Å². The van der Waals surface area contributed by atoms with E-state index in [1.807, 2.05) is 0 Å². The van der Waals surface area contributed by atoms with Crippen molar-refractivity contribution in [2.45, 2.75) is 97.8 Å². The van der Waals surface area contributed by atoms with Crippen molar-refractivity contribution in [3.05, 3.63) is 161 Å². The fourth-order valence-electron chi connectivity index (χ4n) is 12.6. The maximum Gasteiger partial charge on any atom is 0.333 e. The quantitative estimate of drug-likeness (QED) is 0.154. The molecule has 14 rings (SSSR count). The van der Waals surface area contributed by atoms with Crippen molar-refractivity contribution in [3.8, 4) is 27.9 Å². The molecule has 11 aromatic rings. The van der Waals surface area contributed by atoms with E-state index in [2.05, 4.69) is 219 Å². The van der Waals surface area contributed by atoms with Crippen LogP contribution in [-0.2, 0) is 21.7 Å². The van der Waals surface area contributed by atoms with Crippen LogP contribution in [0.2, 0.25) is 0 Å². The minimum atomic E-state index is -0.192. The second-order valence-corrected chi connectivity index (χ2v) is 23.8. The van der Waals surface area contributed by atoms with Crippen LogP contribution in [0, 0.1) is 0 Å². The van der Waals surface area contributed by atoms with Gasteiger partial charge >= 0.3 is 6.85 Å². The lowest BCUT2D eigenvalue weighted by atomic mass is 9.43. The van der Waals surface area contributed by atoms with Crippen molar-refractivity contribution >= 4 is 94.8 Å². The van der Waals surface area contributed by atoms with E-state index in [4.69, 9.17) is 8.83 Å². The zero-order chi connectivity index (χ0) is 46.7. The minimum Gasteiger partial charge on any atom is -0.456 e. The zero-order valence-electron chi connectivity index (χ0n) is 41.0. The predicted molar refractivity (Wildman–Crippen MR) is 288 cm³/mol. The van der Waals surface area contributed by atoms with Gasteiger partial charge in [0.25, 0.3) is 0 Å². The molecule has 0 spiro atoms. The Kier molecular flexibility index (Phi) is 7.53. The summed E-state index contributed by atoms with van der Waals surface area (Å²) in [5, 5.41) is 7.00. The van der Waals surface area contributed by atoms with Crippen LogP contribution >= 0.6 is 0 Å². The molecule has 0 fully saturated rings. The van der Waals surface area contributed by atoms with Crippen molar-refractivity contribution in [1.29, 1.82) is 0 Å². The van der Waals surface area contributed by atoms with Gasteiger partial charge in [0.2, 0.25) is 0 Å². The summed E-state index contributed by atoms with van der Waals surface area (Å²) >= 11 is 0. The Morgan fingerprint density at radius 3 is 1.88 bits per heavy atom. The number of hydrogen-bond donors (Lipinski definition) is 0. The molecule has 332 valence electrons. The van der Waals surface area contributed by atoms with E-state index in [1.165, 1.54) is 93.9 Å². The number of aromatic nitrogens is 1. The van der Waals surface area contributed by atoms with E-state index >= 15 is 0 Å². The van der Waals surface area contributed by atoms with E-state index in [-0.39, 0.29) is 28.5 Å². The lowest BCUT2D eigenvalue weighted by Gasteiger charge is -2.42. The second-order valence-electron chi connectivity index (χ2n) is 23.8. The molecule has 8 aromatic carbocycles. The van der Waals surface area contributed by atoms with Gasteiger partial charge < -0.3 is 18.2 Å². The smallest absolute Gasteiger partial charge is 0.333 e. The number of anilines is 2.